The number of cyclic esters (lactones) is 1. The maximum Gasteiger partial charge on any atom is 0.414 e. The summed E-state index contributed by atoms with van der Waals surface area (Å²) in [5.41, 5.74) is 6.22. The summed E-state index contributed by atoms with van der Waals surface area (Å²) in [6.07, 6.45) is -1.11. The van der Waals surface area contributed by atoms with Gasteiger partial charge in [-0.1, -0.05) is 6.07 Å². The molecule has 2 rings (SSSR count). The van der Waals surface area contributed by atoms with Crippen molar-refractivity contribution in [1.29, 1.82) is 0 Å². The molecule has 0 radical (unpaired) electrons. The van der Waals surface area contributed by atoms with E-state index in [1.54, 1.807) is 6.07 Å². The number of ether oxygens (including phenoxy) is 1. The number of nitrogens with one attached hydrogen (secondary N) is 1. The van der Waals surface area contributed by atoms with Gasteiger partial charge in [0.1, 0.15) is 11.9 Å². The average molecular weight is 281 g/mol. The van der Waals surface area contributed by atoms with Crippen LogP contribution in [0.15, 0.2) is 18.2 Å². The first-order valence-corrected chi connectivity index (χ1v) is 6.22. The van der Waals surface area contributed by atoms with Gasteiger partial charge in [0.25, 0.3) is 0 Å². The van der Waals surface area contributed by atoms with Gasteiger partial charge in [0.05, 0.1) is 18.8 Å². The van der Waals surface area contributed by atoms with Crippen LogP contribution in [0.3, 0.4) is 0 Å². The van der Waals surface area contributed by atoms with Gasteiger partial charge in [-0.25, -0.2) is 9.18 Å². The highest BCUT2D eigenvalue weighted by atomic mass is 19.1. The zero-order valence-corrected chi connectivity index (χ0v) is 11.1. The van der Waals surface area contributed by atoms with Crippen molar-refractivity contribution in [3.8, 4) is 0 Å². The monoisotopic (exact) mass is 281 g/mol. The standard InChI is InChI=1S/C13H16FN3O3/c1-8(18)16-6-10-7-17(13(19)20-10)12-3-2-9(5-15)4-11(12)14/h2-4,10H,5-7,15H2,1H3,(H,16,18). The van der Waals surface area contributed by atoms with Crippen LogP contribution in [0.5, 0.6) is 0 Å². The molecule has 0 aromatic heterocycles. The maximum atomic E-state index is 13.9. The summed E-state index contributed by atoms with van der Waals surface area (Å²) >= 11 is 0. The quantitative estimate of drug-likeness (QED) is 0.852. The molecule has 0 spiro atoms. The van der Waals surface area contributed by atoms with Crippen molar-refractivity contribution < 1.29 is 18.7 Å². The predicted molar refractivity (Wildman–Crippen MR) is 70.6 cm³/mol. The second-order valence-corrected chi connectivity index (χ2v) is 4.54. The molecule has 1 saturated heterocycles. The Labute approximate surface area is 115 Å². The Bertz CT molecular complexity index is 536. The van der Waals surface area contributed by atoms with Crippen molar-refractivity contribution in [2.75, 3.05) is 18.0 Å². The molecule has 20 heavy (non-hydrogen) atoms. The summed E-state index contributed by atoms with van der Waals surface area (Å²) in [5.74, 6) is -0.733. The Balaban J connectivity index is 2.09. The lowest BCUT2D eigenvalue weighted by Crippen LogP contribution is -2.33. The predicted octanol–water partition coefficient (Wildman–Crippen LogP) is 0.746. The van der Waals surface area contributed by atoms with Crippen LogP contribution in [0.2, 0.25) is 0 Å². The first-order chi connectivity index (χ1) is 9.51. The third-order valence-electron chi connectivity index (χ3n) is 2.99. The molecule has 108 valence electrons. The van der Waals surface area contributed by atoms with E-state index in [4.69, 9.17) is 10.5 Å². The number of hydrogen-bond acceptors (Lipinski definition) is 4. The van der Waals surface area contributed by atoms with Crippen LogP contribution in [0, 0.1) is 5.82 Å². The van der Waals surface area contributed by atoms with Crippen molar-refractivity contribution in [2.45, 2.75) is 19.6 Å². The maximum absolute atomic E-state index is 13.9. The minimum Gasteiger partial charge on any atom is -0.442 e. The number of nitrogens with zero attached hydrogens (tertiary/aromatic N) is 1. The fourth-order valence-electron chi connectivity index (χ4n) is 1.98. The van der Waals surface area contributed by atoms with E-state index in [9.17, 15) is 14.0 Å². The van der Waals surface area contributed by atoms with Gasteiger partial charge in [0, 0.05) is 13.5 Å². The van der Waals surface area contributed by atoms with Gasteiger partial charge < -0.3 is 15.8 Å². The molecular formula is C13H16FN3O3. The largest absolute Gasteiger partial charge is 0.442 e. The van der Waals surface area contributed by atoms with E-state index in [0.29, 0.717) is 5.56 Å². The lowest BCUT2D eigenvalue weighted by atomic mass is 10.2. The summed E-state index contributed by atoms with van der Waals surface area (Å²) in [4.78, 5) is 23.8. The Morgan fingerprint density at radius 2 is 2.35 bits per heavy atom. The topological polar surface area (TPSA) is 84.7 Å². The van der Waals surface area contributed by atoms with E-state index in [2.05, 4.69) is 5.32 Å². The van der Waals surface area contributed by atoms with E-state index in [1.165, 1.54) is 24.0 Å². The highest BCUT2D eigenvalue weighted by Crippen LogP contribution is 2.25. The Hall–Kier alpha value is -2.15. The van der Waals surface area contributed by atoms with Crippen LogP contribution in [0.4, 0.5) is 14.9 Å². The van der Waals surface area contributed by atoms with Gasteiger partial charge in [-0.15, -0.1) is 0 Å². The van der Waals surface area contributed by atoms with Gasteiger partial charge in [0.2, 0.25) is 5.91 Å². The molecule has 0 aliphatic carbocycles. The fourth-order valence-corrected chi connectivity index (χ4v) is 1.98. The van der Waals surface area contributed by atoms with Crippen LogP contribution in [-0.4, -0.2) is 31.2 Å². The number of benzene rings is 1. The molecule has 1 atom stereocenters. The SMILES string of the molecule is CC(=O)NCC1CN(c2ccc(CN)cc2F)C(=O)O1. The number of carbonyl (C=O) groups is 2. The fraction of sp³-hybridized carbons (Fsp3) is 0.385. The molecular weight excluding hydrogens is 265 g/mol. The zero-order valence-electron chi connectivity index (χ0n) is 11.1. The molecule has 1 unspecified atom stereocenters. The average Bonchev–Trinajstić information content (AvgIpc) is 2.77. The minimum absolute atomic E-state index is 0.150. The van der Waals surface area contributed by atoms with E-state index < -0.39 is 18.0 Å². The van der Waals surface area contributed by atoms with Crippen molar-refractivity contribution in [3.05, 3.63) is 29.6 Å². The number of carbonyl (C=O) groups excluding carboxylic acids is 2. The third-order valence-corrected chi connectivity index (χ3v) is 2.99. The van der Waals surface area contributed by atoms with Crippen molar-refractivity contribution in [3.63, 3.8) is 0 Å². The van der Waals surface area contributed by atoms with Crippen LogP contribution in [0.1, 0.15) is 12.5 Å². The third kappa shape index (κ3) is 3.05. The number of amides is 2. The van der Waals surface area contributed by atoms with E-state index in [0.717, 1.165) is 0 Å². The number of anilines is 1. The van der Waals surface area contributed by atoms with Crippen LogP contribution in [0.25, 0.3) is 0 Å². The lowest BCUT2D eigenvalue weighted by molar-refractivity contribution is -0.119. The Kier molecular flexibility index (Phi) is 4.19. The number of hydrogen-bond donors (Lipinski definition) is 2. The Morgan fingerprint density at radius 1 is 1.60 bits per heavy atom. The van der Waals surface area contributed by atoms with Crippen LogP contribution < -0.4 is 16.0 Å². The number of halogens is 1. The van der Waals surface area contributed by atoms with Gasteiger partial charge in [0.15, 0.2) is 0 Å². The van der Waals surface area contributed by atoms with E-state index in [1.807, 2.05) is 0 Å². The van der Waals surface area contributed by atoms with E-state index >= 15 is 0 Å². The Morgan fingerprint density at radius 3 is 2.95 bits per heavy atom. The van der Waals surface area contributed by atoms with Crippen molar-refractivity contribution in [1.82, 2.24) is 5.32 Å². The lowest BCUT2D eigenvalue weighted by Gasteiger charge is -2.14. The molecule has 3 N–H and O–H groups in total. The number of nitrogens with two attached hydrogens (primary N) is 1. The molecule has 1 aromatic rings. The van der Waals surface area contributed by atoms with E-state index in [-0.39, 0.29) is 31.2 Å². The van der Waals surface area contributed by atoms with Gasteiger partial charge >= 0.3 is 6.09 Å². The summed E-state index contributed by atoms with van der Waals surface area (Å²) in [6.45, 7) is 2.00. The molecule has 1 heterocycles. The summed E-state index contributed by atoms with van der Waals surface area (Å²) in [6, 6.07) is 4.45. The molecule has 1 aromatic carbocycles. The zero-order chi connectivity index (χ0) is 14.7. The summed E-state index contributed by atoms with van der Waals surface area (Å²) < 4.78 is 19.0. The normalized spacial score (nSPS) is 18.1. The molecule has 1 fully saturated rings. The first kappa shape index (κ1) is 14.3. The molecule has 1 aliphatic rings. The highest BCUT2D eigenvalue weighted by Gasteiger charge is 2.33. The van der Waals surface area contributed by atoms with Crippen LogP contribution in [-0.2, 0) is 16.1 Å². The van der Waals surface area contributed by atoms with Gasteiger partial charge in [-0.05, 0) is 17.7 Å². The molecule has 7 heteroatoms. The first-order valence-electron chi connectivity index (χ1n) is 6.22. The molecule has 0 saturated carbocycles. The van der Waals surface area contributed by atoms with Crippen LogP contribution >= 0.6 is 0 Å². The second kappa shape index (κ2) is 5.87. The van der Waals surface area contributed by atoms with Crippen molar-refractivity contribution >= 4 is 17.7 Å². The van der Waals surface area contributed by atoms with Gasteiger partial charge in [-0.2, -0.15) is 0 Å². The van der Waals surface area contributed by atoms with Crippen molar-refractivity contribution in [2.24, 2.45) is 5.73 Å². The molecule has 6 nitrogen and oxygen atoms in total. The smallest absolute Gasteiger partial charge is 0.414 e. The molecule has 1 aliphatic heterocycles. The minimum atomic E-state index is -0.625. The second-order valence-electron chi connectivity index (χ2n) is 4.54. The molecule has 2 amide bonds. The summed E-state index contributed by atoms with van der Waals surface area (Å²) in [5, 5.41) is 2.56. The molecule has 0 bridgehead atoms. The summed E-state index contributed by atoms with van der Waals surface area (Å²) in [7, 11) is 0. The van der Waals surface area contributed by atoms with Gasteiger partial charge in [-0.3, -0.25) is 9.69 Å². The highest BCUT2D eigenvalue weighted by molar-refractivity contribution is 5.90. The number of rotatable bonds is 4.